The van der Waals surface area contributed by atoms with Gasteiger partial charge >= 0.3 is 5.97 Å². The minimum Gasteiger partial charge on any atom is -0.464 e. The van der Waals surface area contributed by atoms with E-state index in [4.69, 9.17) is 16.3 Å². The monoisotopic (exact) mass is 255 g/mol. The molecule has 0 spiro atoms. The maximum atomic E-state index is 11.4. The Hall–Kier alpha value is -1.06. The number of carbonyl (C=O) groups is 1. The summed E-state index contributed by atoms with van der Waals surface area (Å²) < 4.78 is 5.09. The van der Waals surface area contributed by atoms with Gasteiger partial charge in [-0.25, -0.2) is 0 Å². The van der Waals surface area contributed by atoms with Crippen molar-refractivity contribution in [2.45, 2.75) is 19.8 Å². The molecule has 0 radical (unpaired) electrons. The average molecular weight is 256 g/mol. The number of ether oxygens (including phenoxy) is 1. The predicted molar refractivity (Wildman–Crippen MR) is 69.3 cm³/mol. The van der Waals surface area contributed by atoms with Crippen LogP contribution in [0, 0.1) is 0 Å². The summed E-state index contributed by atoms with van der Waals surface area (Å²) in [6.45, 7) is 4.18. The number of hydrogen-bond acceptors (Lipinski definition) is 3. The van der Waals surface area contributed by atoms with Crippen molar-refractivity contribution >= 4 is 17.6 Å². The van der Waals surface area contributed by atoms with E-state index in [-0.39, 0.29) is 5.97 Å². The van der Waals surface area contributed by atoms with E-state index in [0.717, 1.165) is 18.5 Å². The molecule has 0 heterocycles. The van der Waals surface area contributed by atoms with Gasteiger partial charge in [-0.2, -0.15) is 0 Å². The van der Waals surface area contributed by atoms with Crippen molar-refractivity contribution in [1.29, 1.82) is 0 Å². The van der Waals surface area contributed by atoms with Gasteiger partial charge in [-0.1, -0.05) is 30.7 Å². The fourth-order valence-corrected chi connectivity index (χ4v) is 1.48. The van der Waals surface area contributed by atoms with Crippen LogP contribution in [-0.4, -0.2) is 25.7 Å². The number of hydrogen-bond donors (Lipinski definition) is 1. The zero-order valence-electron chi connectivity index (χ0n) is 10.0. The topological polar surface area (TPSA) is 38.3 Å². The molecular formula is C13H18ClNO2. The first-order valence-corrected chi connectivity index (χ1v) is 6.21. The molecule has 0 aliphatic carbocycles. The van der Waals surface area contributed by atoms with E-state index in [1.807, 2.05) is 12.1 Å². The molecule has 17 heavy (non-hydrogen) atoms. The Morgan fingerprint density at radius 2 is 2.00 bits per heavy atom. The van der Waals surface area contributed by atoms with E-state index in [1.54, 1.807) is 12.1 Å². The van der Waals surface area contributed by atoms with Crippen LogP contribution in [0.25, 0.3) is 0 Å². The van der Waals surface area contributed by atoms with Gasteiger partial charge in [-0.05, 0) is 30.7 Å². The van der Waals surface area contributed by atoms with Crippen molar-refractivity contribution in [3.05, 3.63) is 34.9 Å². The van der Waals surface area contributed by atoms with Crippen LogP contribution in [-0.2, 0) is 16.0 Å². The smallest absolute Gasteiger partial charge is 0.310 e. The third kappa shape index (κ3) is 6.29. The molecule has 0 aliphatic rings. The summed E-state index contributed by atoms with van der Waals surface area (Å²) in [5.41, 5.74) is 0.918. The lowest BCUT2D eigenvalue weighted by atomic mass is 10.2. The van der Waals surface area contributed by atoms with Crippen LogP contribution in [0.3, 0.4) is 0 Å². The van der Waals surface area contributed by atoms with Crippen LogP contribution in [0.5, 0.6) is 0 Å². The van der Waals surface area contributed by atoms with Gasteiger partial charge in [0.05, 0.1) is 6.42 Å². The number of rotatable bonds is 7. The van der Waals surface area contributed by atoms with Crippen LogP contribution in [0.4, 0.5) is 0 Å². The fraction of sp³-hybridized carbons (Fsp3) is 0.462. The SMILES string of the molecule is CCCNCCOC(=O)Cc1ccc(Cl)cc1. The van der Waals surface area contributed by atoms with Gasteiger partial charge in [0.15, 0.2) is 0 Å². The molecule has 1 aromatic rings. The molecule has 1 rings (SSSR count). The largest absolute Gasteiger partial charge is 0.464 e. The van der Waals surface area contributed by atoms with Crippen molar-refractivity contribution in [2.24, 2.45) is 0 Å². The van der Waals surface area contributed by atoms with E-state index in [9.17, 15) is 4.79 Å². The normalized spacial score (nSPS) is 10.2. The highest BCUT2D eigenvalue weighted by Crippen LogP contribution is 2.10. The summed E-state index contributed by atoms with van der Waals surface area (Å²) in [4.78, 5) is 11.4. The Labute approximate surface area is 107 Å². The lowest BCUT2D eigenvalue weighted by Crippen LogP contribution is -2.22. The Balaban J connectivity index is 2.18. The summed E-state index contributed by atoms with van der Waals surface area (Å²) in [5, 5.41) is 3.84. The second kappa shape index (κ2) is 8.09. The number of esters is 1. The van der Waals surface area contributed by atoms with Crippen molar-refractivity contribution < 1.29 is 9.53 Å². The molecule has 0 saturated heterocycles. The van der Waals surface area contributed by atoms with Gasteiger partial charge < -0.3 is 10.1 Å². The molecule has 4 heteroatoms. The molecule has 0 bridgehead atoms. The highest BCUT2D eigenvalue weighted by atomic mass is 35.5. The van der Waals surface area contributed by atoms with E-state index in [0.29, 0.717) is 24.6 Å². The molecule has 0 saturated carbocycles. The third-order valence-electron chi connectivity index (χ3n) is 2.23. The summed E-state index contributed by atoms with van der Waals surface area (Å²) in [5.74, 6) is -0.203. The van der Waals surface area contributed by atoms with Gasteiger partial charge in [0.2, 0.25) is 0 Å². The van der Waals surface area contributed by atoms with Crippen LogP contribution < -0.4 is 5.32 Å². The molecule has 94 valence electrons. The second-order valence-corrected chi connectivity index (χ2v) is 4.21. The maximum Gasteiger partial charge on any atom is 0.310 e. The summed E-state index contributed by atoms with van der Waals surface area (Å²) >= 11 is 5.76. The quantitative estimate of drug-likeness (QED) is 0.601. The molecule has 0 fully saturated rings. The molecule has 0 amide bonds. The summed E-state index contributed by atoms with van der Waals surface area (Å²) in [7, 11) is 0. The standard InChI is InChI=1S/C13H18ClNO2/c1-2-7-15-8-9-17-13(16)10-11-3-5-12(14)6-4-11/h3-6,15H,2,7-10H2,1H3. The van der Waals surface area contributed by atoms with Gasteiger partial charge in [0, 0.05) is 11.6 Å². The van der Waals surface area contributed by atoms with Crippen molar-refractivity contribution in [1.82, 2.24) is 5.32 Å². The number of carbonyl (C=O) groups excluding carboxylic acids is 1. The highest BCUT2D eigenvalue weighted by Gasteiger charge is 2.04. The van der Waals surface area contributed by atoms with Crippen molar-refractivity contribution in [3.63, 3.8) is 0 Å². The van der Waals surface area contributed by atoms with Crippen LogP contribution >= 0.6 is 11.6 Å². The Morgan fingerprint density at radius 1 is 1.29 bits per heavy atom. The lowest BCUT2D eigenvalue weighted by molar-refractivity contribution is -0.142. The molecule has 0 atom stereocenters. The molecule has 0 unspecified atom stereocenters. The first-order valence-electron chi connectivity index (χ1n) is 5.83. The van der Waals surface area contributed by atoms with Gasteiger partial charge in [0.25, 0.3) is 0 Å². The van der Waals surface area contributed by atoms with E-state index in [2.05, 4.69) is 12.2 Å². The van der Waals surface area contributed by atoms with E-state index >= 15 is 0 Å². The second-order valence-electron chi connectivity index (χ2n) is 3.77. The first kappa shape index (κ1) is 14.0. The van der Waals surface area contributed by atoms with E-state index < -0.39 is 0 Å². The Morgan fingerprint density at radius 3 is 2.65 bits per heavy atom. The van der Waals surface area contributed by atoms with Crippen molar-refractivity contribution in [2.75, 3.05) is 19.7 Å². The molecule has 0 aromatic heterocycles. The lowest BCUT2D eigenvalue weighted by Gasteiger charge is -2.05. The minimum absolute atomic E-state index is 0.203. The number of nitrogens with one attached hydrogen (secondary N) is 1. The fourth-order valence-electron chi connectivity index (χ4n) is 1.36. The van der Waals surface area contributed by atoms with Crippen molar-refractivity contribution in [3.8, 4) is 0 Å². The predicted octanol–water partition coefficient (Wildman–Crippen LogP) is 2.43. The van der Waals surface area contributed by atoms with Crippen LogP contribution in [0.1, 0.15) is 18.9 Å². The summed E-state index contributed by atoms with van der Waals surface area (Å²) in [6, 6.07) is 7.21. The zero-order chi connectivity index (χ0) is 12.5. The first-order chi connectivity index (χ1) is 8.22. The van der Waals surface area contributed by atoms with Gasteiger partial charge in [0.1, 0.15) is 6.61 Å². The third-order valence-corrected chi connectivity index (χ3v) is 2.48. The zero-order valence-corrected chi connectivity index (χ0v) is 10.8. The molecule has 1 N–H and O–H groups in total. The Kier molecular flexibility index (Phi) is 6.67. The molecular weight excluding hydrogens is 238 g/mol. The van der Waals surface area contributed by atoms with Gasteiger partial charge in [-0.15, -0.1) is 0 Å². The van der Waals surface area contributed by atoms with Crippen LogP contribution in [0.15, 0.2) is 24.3 Å². The number of benzene rings is 1. The summed E-state index contributed by atoms with van der Waals surface area (Å²) in [6.07, 6.45) is 1.38. The molecule has 1 aromatic carbocycles. The Bertz CT molecular complexity index is 338. The maximum absolute atomic E-state index is 11.4. The van der Waals surface area contributed by atoms with Gasteiger partial charge in [-0.3, -0.25) is 4.79 Å². The molecule has 3 nitrogen and oxygen atoms in total. The van der Waals surface area contributed by atoms with E-state index in [1.165, 1.54) is 0 Å². The minimum atomic E-state index is -0.203. The average Bonchev–Trinajstić information content (AvgIpc) is 2.32. The van der Waals surface area contributed by atoms with Crippen LogP contribution in [0.2, 0.25) is 5.02 Å². The number of halogens is 1. The molecule has 0 aliphatic heterocycles. The highest BCUT2D eigenvalue weighted by molar-refractivity contribution is 6.30.